The van der Waals surface area contributed by atoms with Gasteiger partial charge < -0.3 is 9.36 Å². The number of benzene rings is 1. The zero-order valence-corrected chi connectivity index (χ0v) is 10.00. The van der Waals surface area contributed by atoms with Gasteiger partial charge in [-0.2, -0.15) is 0 Å². The fourth-order valence-electron chi connectivity index (χ4n) is 1.89. The Morgan fingerprint density at radius 3 is 2.88 bits per heavy atom. The third-order valence-corrected chi connectivity index (χ3v) is 2.97. The van der Waals surface area contributed by atoms with E-state index in [9.17, 15) is 4.79 Å². The Hall–Kier alpha value is -1.28. The topological polar surface area (TPSA) is 22.0 Å². The van der Waals surface area contributed by atoms with Crippen LogP contribution in [0.4, 0.5) is 0 Å². The van der Waals surface area contributed by atoms with Gasteiger partial charge in [-0.1, -0.05) is 29.8 Å². The molecule has 0 atom stereocenters. The molecule has 0 radical (unpaired) electrons. The maximum absolute atomic E-state index is 10.9. The Bertz CT molecular complexity index is 516. The molecule has 2 rings (SSSR count). The van der Waals surface area contributed by atoms with E-state index >= 15 is 0 Å². The van der Waals surface area contributed by atoms with Gasteiger partial charge in [-0.25, -0.2) is 0 Å². The number of carbonyl (C=O) groups is 1. The summed E-state index contributed by atoms with van der Waals surface area (Å²) in [6.45, 7) is 2.47. The summed E-state index contributed by atoms with van der Waals surface area (Å²) in [6.07, 6.45) is 3.43. The maximum atomic E-state index is 10.9. The molecule has 0 bridgehead atoms. The smallest absolute Gasteiger partial charge is 0.129 e. The largest absolute Gasteiger partial charge is 0.346 e. The Labute approximate surface area is 99.8 Å². The van der Waals surface area contributed by atoms with Crippen LogP contribution in [0.1, 0.15) is 19.8 Å². The number of nitrogens with zero attached hydrogens (tertiary/aromatic N) is 1. The normalized spacial score (nSPS) is 10.9. The molecule has 84 valence electrons. The van der Waals surface area contributed by atoms with Gasteiger partial charge in [0.25, 0.3) is 0 Å². The zero-order valence-electron chi connectivity index (χ0n) is 9.24. The first-order valence-electron chi connectivity index (χ1n) is 5.41. The number of para-hydroxylation sites is 1. The number of carbonyl (C=O) groups excluding carboxylic acids is 1. The summed E-state index contributed by atoms with van der Waals surface area (Å²) in [5.74, 6) is 0.238. The first kappa shape index (κ1) is 11.2. The molecule has 0 fully saturated rings. The molecule has 16 heavy (non-hydrogen) atoms. The van der Waals surface area contributed by atoms with Crippen LogP contribution >= 0.6 is 11.6 Å². The van der Waals surface area contributed by atoms with Gasteiger partial charge >= 0.3 is 0 Å². The minimum Gasteiger partial charge on any atom is -0.346 e. The van der Waals surface area contributed by atoms with Crippen molar-refractivity contribution in [2.45, 2.75) is 26.3 Å². The average Bonchev–Trinajstić information content (AvgIpc) is 2.57. The molecular formula is C13H14ClNO. The van der Waals surface area contributed by atoms with Crippen LogP contribution in [0.3, 0.4) is 0 Å². The predicted molar refractivity (Wildman–Crippen MR) is 66.9 cm³/mol. The van der Waals surface area contributed by atoms with E-state index in [2.05, 4.69) is 10.6 Å². The highest BCUT2D eigenvalue weighted by Gasteiger charge is 2.05. The highest BCUT2D eigenvalue weighted by molar-refractivity contribution is 6.35. The molecule has 0 aliphatic rings. The van der Waals surface area contributed by atoms with Crippen molar-refractivity contribution in [2.75, 3.05) is 0 Å². The lowest BCUT2D eigenvalue weighted by atomic mass is 10.2. The summed E-state index contributed by atoms with van der Waals surface area (Å²) in [6, 6.07) is 8.04. The summed E-state index contributed by atoms with van der Waals surface area (Å²) in [4.78, 5) is 10.9. The van der Waals surface area contributed by atoms with Crippen molar-refractivity contribution in [3.8, 4) is 0 Å². The van der Waals surface area contributed by atoms with Crippen molar-refractivity contribution < 1.29 is 4.79 Å². The van der Waals surface area contributed by atoms with E-state index < -0.39 is 0 Å². The van der Waals surface area contributed by atoms with E-state index in [4.69, 9.17) is 11.6 Å². The Kier molecular flexibility index (Phi) is 3.30. The third-order valence-electron chi connectivity index (χ3n) is 2.67. The van der Waals surface area contributed by atoms with Gasteiger partial charge in [-0.3, -0.25) is 0 Å². The van der Waals surface area contributed by atoms with Crippen LogP contribution in [0.25, 0.3) is 10.9 Å². The average molecular weight is 236 g/mol. The molecule has 0 saturated carbocycles. The van der Waals surface area contributed by atoms with E-state index in [1.165, 1.54) is 0 Å². The number of hydrogen-bond donors (Lipinski definition) is 0. The molecule has 0 saturated heterocycles. The fraction of sp³-hybridized carbons (Fsp3) is 0.308. The van der Waals surface area contributed by atoms with Crippen LogP contribution in [0.5, 0.6) is 0 Å². The molecule has 0 aliphatic carbocycles. The summed E-state index contributed by atoms with van der Waals surface area (Å²) in [5.41, 5.74) is 1.14. The van der Waals surface area contributed by atoms with Crippen molar-refractivity contribution in [1.82, 2.24) is 4.57 Å². The van der Waals surface area contributed by atoms with Gasteiger partial charge in [0.15, 0.2) is 0 Å². The maximum Gasteiger partial charge on any atom is 0.129 e. The minimum atomic E-state index is 0.238. The van der Waals surface area contributed by atoms with Crippen molar-refractivity contribution in [1.29, 1.82) is 0 Å². The van der Waals surface area contributed by atoms with Crippen molar-refractivity contribution in [3.05, 3.63) is 35.5 Å². The molecule has 0 unspecified atom stereocenters. The number of ketones is 1. The van der Waals surface area contributed by atoms with Gasteiger partial charge in [0.2, 0.25) is 0 Å². The second-order valence-corrected chi connectivity index (χ2v) is 4.40. The monoisotopic (exact) mass is 235 g/mol. The summed E-state index contributed by atoms with van der Waals surface area (Å²) in [5, 5.41) is 1.85. The van der Waals surface area contributed by atoms with Gasteiger partial charge in [0, 0.05) is 30.1 Å². The highest BCUT2D eigenvalue weighted by Crippen LogP contribution is 2.25. The second-order valence-electron chi connectivity index (χ2n) is 3.99. The summed E-state index contributed by atoms with van der Waals surface area (Å²) < 4.78 is 2.11. The number of Topliss-reactive ketones (excluding diaryl/α,β-unsaturated/α-hetero) is 1. The standard InChI is InChI=1S/C13H14ClNO/c1-10(16)5-4-8-15-9-12(14)11-6-2-3-7-13(11)15/h2-3,6-7,9H,4-5,8H2,1H3. The van der Waals surface area contributed by atoms with Gasteiger partial charge in [0.1, 0.15) is 5.78 Å². The Morgan fingerprint density at radius 1 is 1.38 bits per heavy atom. The van der Waals surface area contributed by atoms with Crippen LogP contribution in [0.2, 0.25) is 5.02 Å². The number of halogens is 1. The fourth-order valence-corrected chi connectivity index (χ4v) is 2.16. The van der Waals surface area contributed by atoms with Crippen molar-refractivity contribution >= 4 is 28.3 Å². The molecule has 0 aliphatic heterocycles. The Balaban J connectivity index is 2.21. The first-order valence-corrected chi connectivity index (χ1v) is 5.79. The van der Waals surface area contributed by atoms with Crippen molar-refractivity contribution in [2.24, 2.45) is 0 Å². The van der Waals surface area contributed by atoms with E-state index in [1.807, 2.05) is 24.4 Å². The lowest BCUT2D eigenvalue weighted by Gasteiger charge is -2.03. The van der Waals surface area contributed by atoms with E-state index in [0.29, 0.717) is 6.42 Å². The number of fused-ring (bicyclic) bond motifs is 1. The van der Waals surface area contributed by atoms with Crippen LogP contribution in [-0.2, 0) is 11.3 Å². The van der Waals surface area contributed by atoms with Gasteiger partial charge in [-0.05, 0) is 19.4 Å². The van der Waals surface area contributed by atoms with E-state index in [0.717, 1.165) is 28.9 Å². The SMILES string of the molecule is CC(=O)CCCn1cc(Cl)c2ccccc21. The summed E-state index contributed by atoms with van der Waals surface area (Å²) in [7, 11) is 0. The molecule has 0 N–H and O–H groups in total. The molecule has 1 aromatic carbocycles. The van der Waals surface area contributed by atoms with Crippen LogP contribution in [0, 0.1) is 0 Å². The molecule has 0 spiro atoms. The van der Waals surface area contributed by atoms with Gasteiger partial charge in [-0.15, -0.1) is 0 Å². The third kappa shape index (κ3) is 2.27. The molecular weight excluding hydrogens is 222 g/mol. The molecule has 1 heterocycles. The second kappa shape index (κ2) is 4.71. The van der Waals surface area contributed by atoms with Crippen LogP contribution in [0.15, 0.2) is 30.5 Å². The van der Waals surface area contributed by atoms with Crippen LogP contribution in [-0.4, -0.2) is 10.4 Å². The van der Waals surface area contributed by atoms with Crippen molar-refractivity contribution in [3.63, 3.8) is 0 Å². The number of rotatable bonds is 4. The predicted octanol–water partition coefficient (Wildman–Crippen LogP) is 3.66. The number of aryl methyl sites for hydroxylation is 1. The lowest BCUT2D eigenvalue weighted by Crippen LogP contribution is -1.98. The highest BCUT2D eigenvalue weighted by atomic mass is 35.5. The molecule has 1 aromatic heterocycles. The van der Waals surface area contributed by atoms with Crippen LogP contribution < -0.4 is 0 Å². The van der Waals surface area contributed by atoms with E-state index in [1.54, 1.807) is 6.92 Å². The molecule has 0 amide bonds. The molecule has 2 nitrogen and oxygen atoms in total. The van der Waals surface area contributed by atoms with Gasteiger partial charge in [0.05, 0.1) is 5.02 Å². The summed E-state index contributed by atoms with van der Waals surface area (Å²) >= 11 is 6.13. The minimum absolute atomic E-state index is 0.238. The zero-order chi connectivity index (χ0) is 11.5. The number of hydrogen-bond acceptors (Lipinski definition) is 1. The first-order chi connectivity index (χ1) is 7.68. The molecule has 3 heteroatoms. The van der Waals surface area contributed by atoms with E-state index in [-0.39, 0.29) is 5.78 Å². The molecule has 2 aromatic rings. The quantitative estimate of drug-likeness (QED) is 0.793. The number of aromatic nitrogens is 1. The lowest BCUT2D eigenvalue weighted by molar-refractivity contribution is -0.117. The Morgan fingerprint density at radius 2 is 2.12 bits per heavy atom.